The Labute approximate surface area is 266 Å². The molecule has 0 fully saturated rings. The van der Waals surface area contributed by atoms with E-state index in [1.807, 2.05) is 0 Å². The van der Waals surface area contributed by atoms with Crippen molar-refractivity contribution >= 4 is 59.9 Å². The molecule has 10 rings (SSSR count). The second-order valence-corrected chi connectivity index (χ2v) is 12.2. The molecule has 2 heteroatoms. The third-order valence-electron chi connectivity index (χ3n) is 9.63. The van der Waals surface area contributed by atoms with Gasteiger partial charge in [0.05, 0.1) is 27.6 Å². The van der Waals surface area contributed by atoms with Crippen LogP contribution >= 0.6 is 0 Å². The average Bonchev–Trinajstić information content (AvgIpc) is 3.69. The topological polar surface area (TPSA) is 9.34 Å². The first-order chi connectivity index (χ1) is 22.8. The van der Waals surface area contributed by atoms with Crippen molar-refractivity contribution in [2.45, 2.75) is 0 Å². The van der Waals surface area contributed by atoms with Crippen molar-refractivity contribution in [3.8, 4) is 27.9 Å². The first kappa shape index (κ1) is 25.2. The van der Waals surface area contributed by atoms with Crippen LogP contribution < -0.4 is 0 Å². The third kappa shape index (κ3) is 3.59. The van der Waals surface area contributed by atoms with Gasteiger partial charge in [-0.2, -0.15) is 0 Å². The van der Waals surface area contributed by atoms with Gasteiger partial charge < -0.3 is 8.97 Å². The lowest BCUT2D eigenvalue weighted by atomic mass is 9.97. The van der Waals surface area contributed by atoms with Gasteiger partial charge in [0.25, 0.3) is 0 Å². The fourth-order valence-electron chi connectivity index (χ4n) is 7.64. The number of rotatable bonds is 3. The summed E-state index contributed by atoms with van der Waals surface area (Å²) in [5.74, 6) is 0. The van der Waals surface area contributed by atoms with Crippen LogP contribution in [0.1, 0.15) is 0 Å². The molecule has 0 aliphatic carbocycles. The monoisotopic (exact) mass is 584 g/mol. The van der Waals surface area contributed by atoms with Gasteiger partial charge in [-0.15, -0.1) is 0 Å². The van der Waals surface area contributed by atoms with Crippen LogP contribution in [0.5, 0.6) is 0 Å². The minimum atomic E-state index is 1.16. The predicted molar refractivity (Wildman–Crippen MR) is 195 cm³/mol. The number of benzene rings is 7. The summed E-state index contributed by atoms with van der Waals surface area (Å²) in [4.78, 5) is 0. The van der Waals surface area contributed by atoms with E-state index in [0.29, 0.717) is 0 Å². The van der Waals surface area contributed by atoms with Crippen molar-refractivity contribution < 1.29 is 0 Å². The minimum Gasteiger partial charge on any atom is -0.309 e. The molecule has 0 spiro atoms. The van der Waals surface area contributed by atoms with Crippen molar-refractivity contribution in [3.63, 3.8) is 0 Å². The summed E-state index contributed by atoms with van der Waals surface area (Å²) in [6.45, 7) is 0. The molecule has 3 aromatic heterocycles. The molecule has 2 nitrogen and oxygen atoms in total. The van der Waals surface area contributed by atoms with Gasteiger partial charge >= 0.3 is 0 Å². The first-order valence-electron chi connectivity index (χ1n) is 15.9. The Bertz CT molecular complexity index is 2730. The highest BCUT2D eigenvalue weighted by atomic mass is 15.0. The number of hydrogen-bond donors (Lipinski definition) is 0. The Kier molecular flexibility index (Phi) is 5.31. The van der Waals surface area contributed by atoms with Crippen LogP contribution in [0.25, 0.3) is 87.8 Å². The fraction of sp³-hybridized carbons (Fsp3) is 0. The molecule has 0 unspecified atom stereocenters. The van der Waals surface area contributed by atoms with E-state index in [4.69, 9.17) is 0 Å². The maximum Gasteiger partial charge on any atom is 0.0627 e. The molecule has 0 bridgehead atoms. The Morgan fingerprint density at radius 2 is 0.870 bits per heavy atom. The first-order valence-corrected chi connectivity index (χ1v) is 15.9. The zero-order valence-corrected chi connectivity index (χ0v) is 25.1. The predicted octanol–water partition coefficient (Wildman–Crippen LogP) is 11.8. The van der Waals surface area contributed by atoms with Crippen LogP contribution in [0.3, 0.4) is 0 Å². The van der Waals surface area contributed by atoms with Crippen molar-refractivity contribution in [2.24, 2.45) is 0 Å². The molecule has 7 aromatic carbocycles. The fourth-order valence-corrected chi connectivity index (χ4v) is 7.64. The second kappa shape index (κ2) is 9.69. The van der Waals surface area contributed by atoms with E-state index >= 15 is 0 Å². The van der Waals surface area contributed by atoms with E-state index in [1.54, 1.807) is 0 Å². The van der Waals surface area contributed by atoms with Crippen LogP contribution in [0.15, 0.2) is 170 Å². The van der Waals surface area contributed by atoms with Crippen LogP contribution in [0.2, 0.25) is 0 Å². The number of hydrogen-bond acceptors (Lipinski definition) is 0. The lowest BCUT2D eigenvalue weighted by molar-refractivity contribution is 1.19. The van der Waals surface area contributed by atoms with E-state index in [9.17, 15) is 0 Å². The highest BCUT2D eigenvalue weighted by Gasteiger charge is 2.20. The zero-order valence-electron chi connectivity index (χ0n) is 25.1. The summed E-state index contributed by atoms with van der Waals surface area (Å²) in [5, 5.41) is 7.57. The summed E-state index contributed by atoms with van der Waals surface area (Å²) >= 11 is 0. The quantitative estimate of drug-likeness (QED) is 0.183. The lowest BCUT2D eigenvalue weighted by Gasteiger charge is -2.16. The maximum atomic E-state index is 2.51. The van der Waals surface area contributed by atoms with Crippen molar-refractivity contribution in [1.82, 2.24) is 8.97 Å². The largest absolute Gasteiger partial charge is 0.309 e. The van der Waals surface area contributed by atoms with Crippen LogP contribution in [0.4, 0.5) is 0 Å². The Morgan fingerprint density at radius 3 is 1.59 bits per heavy atom. The normalized spacial score (nSPS) is 11.9. The lowest BCUT2D eigenvalue weighted by Crippen LogP contribution is -1.98. The number of pyridine rings is 1. The zero-order chi connectivity index (χ0) is 30.2. The molecule has 10 aromatic rings. The smallest absolute Gasteiger partial charge is 0.0627 e. The van der Waals surface area contributed by atoms with Gasteiger partial charge in [0, 0.05) is 38.0 Å². The summed E-state index contributed by atoms with van der Waals surface area (Å²) in [6.07, 6.45) is 0. The van der Waals surface area contributed by atoms with Crippen LogP contribution in [-0.4, -0.2) is 8.97 Å². The summed E-state index contributed by atoms with van der Waals surface area (Å²) < 4.78 is 4.95. The molecule has 0 N–H and O–H groups in total. The molecule has 0 aliphatic heterocycles. The van der Waals surface area contributed by atoms with Crippen molar-refractivity contribution in [2.75, 3.05) is 0 Å². The average molecular weight is 585 g/mol. The summed E-state index contributed by atoms with van der Waals surface area (Å²) in [7, 11) is 0. The minimum absolute atomic E-state index is 1.16. The standard InChI is InChI=1S/C44H28N2/c1-3-13-29(14-4-1)32-25-33(30-15-5-2-6-16-30)27-34(26-32)45-40-21-11-8-18-35(40)36-23-24-38-42-28-31-17-7-10-20-39(31)46(42)41-22-12-9-19-37(41)43(38)44(36)45/h1-28H. The number of aromatic nitrogens is 2. The van der Waals surface area contributed by atoms with Gasteiger partial charge in [-0.1, -0.05) is 127 Å². The highest BCUT2D eigenvalue weighted by Crippen LogP contribution is 2.43. The van der Waals surface area contributed by atoms with E-state index in [2.05, 4.69) is 179 Å². The molecule has 3 heterocycles. The molecule has 0 saturated heterocycles. The SMILES string of the molecule is c1ccc(-c2cc(-c3ccccc3)cc(-n3c4ccccc4c4ccc5c(c6ccccc6n6c7ccccc7cc56)c43)c2)cc1. The molecular formula is C44H28N2. The van der Waals surface area contributed by atoms with Gasteiger partial charge in [-0.05, 0) is 64.7 Å². The molecule has 0 saturated carbocycles. The molecule has 0 aliphatic rings. The Balaban J connectivity index is 1.42. The molecule has 214 valence electrons. The summed E-state index contributed by atoms with van der Waals surface area (Å²) in [5.41, 5.74) is 12.1. The Morgan fingerprint density at radius 1 is 0.326 bits per heavy atom. The maximum absolute atomic E-state index is 2.51. The van der Waals surface area contributed by atoms with E-state index < -0.39 is 0 Å². The number of nitrogens with zero attached hydrogens (tertiary/aromatic N) is 2. The molecule has 0 amide bonds. The second-order valence-electron chi connectivity index (χ2n) is 12.2. The van der Waals surface area contributed by atoms with Crippen molar-refractivity contribution in [1.29, 1.82) is 0 Å². The molecule has 0 radical (unpaired) electrons. The number of para-hydroxylation sites is 3. The van der Waals surface area contributed by atoms with Gasteiger partial charge in [-0.25, -0.2) is 0 Å². The van der Waals surface area contributed by atoms with Crippen molar-refractivity contribution in [3.05, 3.63) is 170 Å². The van der Waals surface area contributed by atoms with E-state index in [0.717, 1.165) is 5.69 Å². The van der Waals surface area contributed by atoms with Gasteiger partial charge in [0.15, 0.2) is 0 Å². The van der Waals surface area contributed by atoms with Gasteiger partial charge in [-0.3, -0.25) is 0 Å². The molecular weight excluding hydrogens is 556 g/mol. The summed E-state index contributed by atoms with van der Waals surface area (Å²) in [6, 6.07) is 62.0. The Hall–Kier alpha value is -6.12. The van der Waals surface area contributed by atoms with Crippen LogP contribution in [0, 0.1) is 0 Å². The van der Waals surface area contributed by atoms with Crippen LogP contribution in [-0.2, 0) is 0 Å². The molecule has 46 heavy (non-hydrogen) atoms. The number of fused-ring (bicyclic) bond motifs is 12. The highest BCUT2D eigenvalue weighted by molar-refractivity contribution is 6.28. The third-order valence-corrected chi connectivity index (χ3v) is 9.63. The molecule has 0 atom stereocenters. The van der Waals surface area contributed by atoms with E-state index in [-0.39, 0.29) is 0 Å². The van der Waals surface area contributed by atoms with Gasteiger partial charge in [0.1, 0.15) is 0 Å². The van der Waals surface area contributed by atoms with E-state index in [1.165, 1.54) is 82.2 Å². The van der Waals surface area contributed by atoms with Gasteiger partial charge in [0.2, 0.25) is 0 Å².